The third-order valence-electron chi connectivity index (χ3n) is 2.67. The van der Waals surface area contributed by atoms with Gasteiger partial charge in [0.15, 0.2) is 0 Å². The number of nitrogens with one attached hydrogen (secondary N) is 3. The summed E-state index contributed by atoms with van der Waals surface area (Å²) >= 11 is 0. The fraction of sp³-hybridized carbons (Fsp3) is 0.429. The van der Waals surface area contributed by atoms with Gasteiger partial charge in [0.05, 0.1) is 12.1 Å². The highest BCUT2D eigenvalue weighted by atomic mass is 16.2. The van der Waals surface area contributed by atoms with Crippen molar-refractivity contribution in [3.8, 4) is 0 Å². The molecule has 1 rings (SSSR count). The van der Waals surface area contributed by atoms with Crippen molar-refractivity contribution >= 4 is 17.5 Å². The van der Waals surface area contributed by atoms with Crippen LogP contribution in [-0.2, 0) is 4.79 Å². The molecule has 0 spiro atoms. The fourth-order valence-corrected chi connectivity index (χ4v) is 1.61. The summed E-state index contributed by atoms with van der Waals surface area (Å²) in [5.41, 5.74) is 2.45. The van der Waals surface area contributed by atoms with E-state index >= 15 is 0 Å². The number of likely N-dealkylation sites (N-methyl/N-ethyl adjacent to an activating group) is 1. The summed E-state index contributed by atoms with van der Waals surface area (Å²) in [5, 5.41) is 8.28. The molecule has 0 unspecified atom stereocenters. The number of amides is 2. The molecule has 0 aliphatic carbocycles. The Balaban J connectivity index is 2.79. The highest BCUT2D eigenvalue weighted by Gasteiger charge is 2.12. The van der Waals surface area contributed by atoms with Crippen LogP contribution in [0.25, 0.3) is 0 Å². The number of aryl methyl sites for hydroxylation is 1. The first-order valence-corrected chi connectivity index (χ1v) is 6.41. The highest BCUT2D eigenvalue weighted by Crippen LogP contribution is 2.17. The number of benzene rings is 1. The first-order chi connectivity index (χ1) is 9.08. The van der Waals surface area contributed by atoms with E-state index in [-0.39, 0.29) is 18.4 Å². The van der Waals surface area contributed by atoms with Crippen LogP contribution in [0.5, 0.6) is 0 Å². The Morgan fingerprint density at radius 3 is 2.63 bits per heavy atom. The summed E-state index contributed by atoms with van der Waals surface area (Å²) in [6.45, 7) is 4.83. The van der Waals surface area contributed by atoms with E-state index in [1.54, 1.807) is 6.07 Å². The second-order valence-corrected chi connectivity index (χ2v) is 4.33. The number of anilines is 1. The number of hydrogen-bond donors (Lipinski definition) is 3. The second kappa shape index (κ2) is 7.41. The molecule has 5 nitrogen and oxygen atoms in total. The van der Waals surface area contributed by atoms with Gasteiger partial charge in [0.2, 0.25) is 5.91 Å². The molecular weight excluding hydrogens is 242 g/mol. The van der Waals surface area contributed by atoms with Gasteiger partial charge in [-0.3, -0.25) is 9.59 Å². The van der Waals surface area contributed by atoms with E-state index in [0.29, 0.717) is 5.56 Å². The molecule has 0 atom stereocenters. The molecule has 0 aliphatic rings. The standard InChI is InChI=1S/C14H21N3O2/c1-4-7-16-12-8-10(2)5-6-11(12)14(19)17-9-13(18)15-3/h5-6,8,16H,4,7,9H2,1-3H3,(H,15,18)(H,17,19). The van der Waals surface area contributed by atoms with Crippen LogP contribution >= 0.6 is 0 Å². The van der Waals surface area contributed by atoms with Crippen LogP contribution in [0.3, 0.4) is 0 Å². The quantitative estimate of drug-likeness (QED) is 0.724. The lowest BCUT2D eigenvalue weighted by atomic mass is 10.1. The molecule has 0 bridgehead atoms. The van der Waals surface area contributed by atoms with Crippen molar-refractivity contribution in [2.45, 2.75) is 20.3 Å². The van der Waals surface area contributed by atoms with E-state index in [1.807, 2.05) is 19.1 Å². The first-order valence-electron chi connectivity index (χ1n) is 6.41. The minimum atomic E-state index is -0.248. The molecule has 1 aromatic rings. The maximum atomic E-state index is 12.0. The third-order valence-corrected chi connectivity index (χ3v) is 2.67. The van der Waals surface area contributed by atoms with Gasteiger partial charge in [-0.25, -0.2) is 0 Å². The second-order valence-electron chi connectivity index (χ2n) is 4.33. The third kappa shape index (κ3) is 4.62. The Hall–Kier alpha value is -2.04. The van der Waals surface area contributed by atoms with Gasteiger partial charge in [0.1, 0.15) is 0 Å². The molecule has 0 aliphatic heterocycles. The number of carbonyl (C=O) groups is 2. The molecule has 2 amide bonds. The lowest BCUT2D eigenvalue weighted by molar-refractivity contribution is -0.119. The van der Waals surface area contributed by atoms with Crippen molar-refractivity contribution in [1.29, 1.82) is 0 Å². The topological polar surface area (TPSA) is 70.2 Å². The first kappa shape index (κ1) is 15.0. The van der Waals surface area contributed by atoms with Gasteiger partial charge >= 0.3 is 0 Å². The van der Waals surface area contributed by atoms with E-state index in [1.165, 1.54) is 7.05 Å². The summed E-state index contributed by atoms with van der Waals surface area (Å²) in [4.78, 5) is 23.1. The van der Waals surface area contributed by atoms with E-state index in [9.17, 15) is 9.59 Å². The number of hydrogen-bond acceptors (Lipinski definition) is 3. The van der Waals surface area contributed by atoms with Crippen molar-refractivity contribution in [1.82, 2.24) is 10.6 Å². The van der Waals surface area contributed by atoms with Crippen LogP contribution < -0.4 is 16.0 Å². The molecule has 0 aromatic heterocycles. The molecule has 0 saturated carbocycles. The Kier molecular flexibility index (Phi) is 5.85. The number of rotatable bonds is 6. The van der Waals surface area contributed by atoms with Crippen LogP contribution in [0.2, 0.25) is 0 Å². The summed E-state index contributed by atoms with van der Waals surface area (Å²) in [6.07, 6.45) is 0.979. The molecule has 0 heterocycles. The molecule has 19 heavy (non-hydrogen) atoms. The maximum absolute atomic E-state index is 12.0. The van der Waals surface area contributed by atoms with Crippen LogP contribution in [0.15, 0.2) is 18.2 Å². The van der Waals surface area contributed by atoms with Crippen molar-refractivity contribution < 1.29 is 9.59 Å². The van der Waals surface area contributed by atoms with Crippen molar-refractivity contribution in [3.63, 3.8) is 0 Å². The lowest BCUT2D eigenvalue weighted by Gasteiger charge is -2.12. The van der Waals surface area contributed by atoms with E-state index in [0.717, 1.165) is 24.2 Å². The summed E-state index contributed by atoms with van der Waals surface area (Å²) < 4.78 is 0. The zero-order chi connectivity index (χ0) is 14.3. The predicted octanol–water partition coefficient (Wildman–Crippen LogP) is 1.29. The van der Waals surface area contributed by atoms with E-state index < -0.39 is 0 Å². The zero-order valence-corrected chi connectivity index (χ0v) is 11.7. The predicted molar refractivity (Wildman–Crippen MR) is 76.4 cm³/mol. The normalized spacial score (nSPS) is 9.84. The summed E-state index contributed by atoms with van der Waals surface area (Å²) in [7, 11) is 1.54. The fourth-order valence-electron chi connectivity index (χ4n) is 1.61. The summed E-state index contributed by atoms with van der Waals surface area (Å²) in [6, 6.07) is 5.59. The molecule has 0 saturated heterocycles. The van der Waals surface area contributed by atoms with Gasteiger partial charge in [-0.1, -0.05) is 13.0 Å². The van der Waals surface area contributed by atoms with Crippen LogP contribution in [0, 0.1) is 6.92 Å². The van der Waals surface area contributed by atoms with Crippen molar-refractivity contribution in [2.24, 2.45) is 0 Å². The largest absolute Gasteiger partial charge is 0.384 e. The molecule has 3 N–H and O–H groups in total. The van der Waals surface area contributed by atoms with Gasteiger partial charge in [0, 0.05) is 19.3 Å². The molecule has 0 radical (unpaired) electrons. The SMILES string of the molecule is CCCNc1cc(C)ccc1C(=O)NCC(=O)NC. The Labute approximate surface area is 113 Å². The minimum absolute atomic E-state index is 0.0174. The smallest absolute Gasteiger partial charge is 0.253 e. The Bertz CT molecular complexity index is 458. The van der Waals surface area contributed by atoms with Gasteiger partial charge in [-0.05, 0) is 31.0 Å². The Morgan fingerprint density at radius 2 is 2.00 bits per heavy atom. The van der Waals surface area contributed by atoms with Crippen molar-refractivity contribution in [3.05, 3.63) is 29.3 Å². The molecule has 1 aromatic carbocycles. The van der Waals surface area contributed by atoms with Crippen LogP contribution in [0.4, 0.5) is 5.69 Å². The molecule has 5 heteroatoms. The number of carbonyl (C=O) groups excluding carboxylic acids is 2. The minimum Gasteiger partial charge on any atom is -0.384 e. The molecule has 104 valence electrons. The van der Waals surface area contributed by atoms with Crippen molar-refractivity contribution in [2.75, 3.05) is 25.5 Å². The monoisotopic (exact) mass is 263 g/mol. The summed E-state index contributed by atoms with van der Waals surface area (Å²) in [5.74, 6) is -0.467. The lowest BCUT2D eigenvalue weighted by Crippen LogP contribution is -2.35. The molecular formula is C14H21N3O2. The van der Waals surface area contributed by atoms with E-state index in [4.69, 9.17) is 0 Å². The van der Waals surface area contributed by atoms with E-state index in [2.05, 4.69) is 22.9 Å². The van der Waals surface area contributed by atoms with Gasteiger partial charge in [-0.2, -0.15) is 0 Å². The Morgan fingerprint density at radius 1 is 1.26 bits per heavy atom. The maximum Gasteiger partial charge on any atom is 0.253 e. The van der Waals surface area contributed by atoms with Crippen LogP contribution in [-0.4, -0.2) is 32.0 Å². The van der Waals surface area contributed by atoms with Gasteiger partial charge in [-0.15, -0.1) is 0 Å². The van der Waals surface area contributed by atoms with Gasteiger partial charge < -0.3 is 16.0 Å². The average molecular weight is 263 g/mol. The average Bonchev–Trinajstić information content (AvgIpc) is 2.42. The van der Waals surface area contributed by atoms with Crippen LogP contribution in [0.1, 0.15) is 29.3 Å². The van der Waals surface area contributed by atoms with Gasteiger partial charge in [0.25, 0.3) is 5.91 Å². The zero-order valence-electron chi connectivity index (χ0n) is 11.7. The highest BCUT2D eigenvalue weighted by molar-refractivity contribution is 6.01. The molecule has 0 fully saturated rings.